The Kier molecular flexibility index (Phi) is 4.92. The van der Waals surface area contributed by atoms with E-state index in [2.05, 4.69) is 20.7 Å². The molecule has 0 heterocycles. The molecule has 1 N–H and O–H groups in total. The quantitative estimate of drug-likeness (QED) is 0.857. The summed E-state index contributed by atoms with van der Waals surface area (Å²) in [5, 5.41) is 9.93. The Labute approximate surface area is 102 Å². The summed E-state index contributed by atoms with van der Waals surface area (Å²) in [5.74, 6) is -0.599. The van der Waals surface area contributed by atoms with Crippen molar-refractivity contribution in [3.63, 3.8) is 0 Å². The van der Waals surface area contributed by atoms with Gasteiger partial charge in [0.25, 0.3) is 0 Å². The van der Waals surface area contributed by atoms with E-state index in [1.807, 2.05) is 0 Å². The molecule has 0 aromatic heterocycles. The molecule has 1 aromatic carbocycles. The fraction of sp³-hybridized carbons (Fsp3) is 0.364. The summed E-state index contributed by atoms with van der Waals surface area (Å²) in [6, 6.07) is 6.98. The van der Waals surface area contributed by atoms with Crippen LogP contribution in [0.2, 0.25) is 0 Å². The number of aliphatic hydroxyl groups excluding tert-OH is 1. The molecule has 1 aromatic rings. The first-order valence-electron chi connectivity index (χ1n) is 4.64. The van der Waals surface area contributed by atoms with Crippen molar-refractivity contribution < 1.29 is 19.4 Å². The minimum Gasteiger partial charge on any atom is -0.467 e. The molecule has 0 unspecified atom stereocenters. The highest BCUT2D eigenvalue weighted by Gasteiger charge is 2.28. The van der Waals surface area contributed by atoms with Gasteiger partial charge < -0.3 is 14.6 Å². The fourth-order valence-corrected chi connectivity index (χ4v) is 1.57. The first-order chi connectivity index (χ1) is 7.60. The third-order valence-electron chi connectivity index (χ3n) is 2.19. The first-order valence-corrected chi connectivity index (χ1v) is 5.43. The van der Waals surface area contributed by atoms with Gasteiger partial charge in [0.05, 0.1) is 7.11 Å². The number of methoxy groups -OCH3 is 2. The van der Waals surface area contributed by atoms with E-state index in [0.717, 1.165) is 4.47 Å². The molecule has 1 rings (SSSR count). The van der Waals surface area contributed by atoms with E-state index >= 15 is 0 Å². The lowest BCUT2D eigenvalue weighted by molar-refractivity contribution is -0.159. The molecule has 0 spiro atoms. The van der Waals surface area contributed by atoms with Gasteiger partial charge in [0, 0.05) is 11.6 Å². The van der Waals surface area contributed by atoms with Gasteiger partial charge in [-0.3, -0.25) is 0 Å². The number of carbonyl (C=O) groups excluding carboxylic acids is 1. The molecule has 0 bridgehead atoms. The van der Waals surface area contributed by atoms with E-state index in [0.29, 0.717) is 5.56 Å². The molecule has 0 aliphatic rings. The highest BCUT2D eigenvalue weighted by atomic mass is 79.9. The first kappa shape index (κ1) is 13.2. The van der Waals surface area contributed by atoms with Gasteiger partial charge in [0.15, 0.2) is 6.10 Å². The molecule has 88 valence electrons. The average Bonchev–Trinajstić information content (AvgIpc) is 2.30. The minimum atomic E-state index is -1.04. The number of hydrogen-bond acceptors (Lipinski definition) is 4. The lowest BCUT2D eigenvalue weighted by Crippen LogP contribution is -2.31. The third-order valence-corrected chi connectivity index (χ3v) is 2.71. The van der Waals surface area contributed by atoms with Crippen LogP contribution in [0, 0.1) is 0 Å². The zero-order valence-corrected chi connectivity index (χ0v) is 10.6. The molecule has 0 fully saturated rings. The number of benzene rings is 1. The van der Waals surface area contributed by atoms with Crippen molar-refractivity contribution >= 4 is 21.9 Å². The van der Waals surface area contributed by atoms with Crippen LogP contribution in [0.15, 0.2) is 28.7 Å². The van der Waals surface area contributed by atoms with Crippen molar-refractivity contribution in [2.75, 3.05) is 14.2 Å². The predicted octanol–water partition coefficient (Wildman–Crippen LogP) is 1.67. The molecular weight excluding hydrogens is 276 g/mol. The van der Waals surface area contributed by atoms with Crippen LogP contribution < -0.4 is 0 Å². The molecule has 0 aliphatic carbocycles. The Morgan fingerprint density at radius 2 is 1.88 bits per heavy atom. The van der Waals surface area contributed by atoms with E-state index < -0.39 is 18.2 Å². The summed E-state index contributed by atoms with van der Waals surface area (Å²) in [6.07, 6.45) is -2.04. The minimum absolute atomic E-state index is 0.598. The average molecular weight is 289 g/mol. The maximum absolute atomic E-state index is 11.3. The fourth-order valence-electron chi connectivity index (χ4n) is 1.30. The molecule has 5 heteroatoms. The second-order valence-corrected chi connectivity index (χ2v) is 4.09. The highest BCUT2D eigenvalue weighted by molar-refractivity contribution is 9.10. The summed E-state index contributed by atoms with van der Waals surface area (Å²) < 4.78 is 10.3. The summed E-state index contributed by atoms with van der Waals surface area (Å²) in [6.45, 7) is 0. The van der Waals surface area contributed by atoms with Gasteiger partial charge in [-0.2, -0.15) is 0 Å². The predicted molar refractivity (Wildman–Crippen MR) is 61.9 cm³/mol. The van der Waals surface area contributed by atoms with Gasteiger partial charge in [-0.05, 0) is 17.7 Å². The van der Waals surface area contributed by atoms with Crippen molar-refractivity contribution in [1.29, 1.82) is 0 Å². The van der Waals surface area contributed by atoms with Crippen LogP contribution in [-0.2, 0) is 14.3 Å². The summed E-state index contributed by atoms with van der Waals surface area (Å²) in [5.41, 5.74) is 0.598. The van der Waals surface area contributed by atoms with E-state index in [9.17, 15) is 9.90 Å². The van der Waals surface area contributed by atoms with Gasteiger partial charge >= 0.3 is 5.97 Å². The zero-order valence-electron chi connectivity index (χ0n) is 9.01. The molecule has 0 aliphatic heterocycles. The van der Waals surface area contributed by atoms with Gasteiger partial charge in [0.1, 0.15) is 6.10 Å². The molecule has 16 heavy (non-hydrogen) atoms. The summed E-state index contributed by atoms with van der Waals surface area (Å²) >= 11 is 3.29. The Balaban J connectivity index is 2.86. The molecule has 2 atom stereocenters. The van der Waals surface area contributed by atoms with E-state index in [4.69, 9.17) is 4.74 Å². The second kappa shape index (κ2) is 5.98. The van der Waals surface area contributed by atoms with Crippen molar-refractivity contribution in [2.45, 2.75) is 12.2 Å². The Morgan fingerprint density at radius 1 is 1.31 bits per heavy atom. The number of ether oxygens (including phenoxy) is 2. The van der Waals surface area contributed by atoms with Gasteiger partial charge in [0.2, 0.25) is 0 Å². The van der Waals surface area contributed by atoms with E-state index in [-0.39, 0.29) is 0 Å². The zero-order chi connectivity index (χ0) is 12.1. The van der Waals surface area contributed by atoms with Crippen LogP contribution in [-0.4, -0.2) is 31.4 Å². The molecule has 0 saturated heterocycles. The van der Waals surface area contributed by atoms with Crippen molar-refractivity contribution in [3.05, 3.63) is 34.3 Å². The summed E-state index contributed by atoms with van der Waals surface area (Å²) in [4.78, 5) is 11.3. The molecule has 0 saturated carbocycles. The number of esters is 1. The number of rotatable bonds is 4. The van der Waals surface area contributed by atoms with Crippen LogP contribution in [0.25, 0.3) is 0 Å². The van der Waals surface area contributed by atoms with E-state index in [1.165, 1.54) is 14.2 Å². The highest BCUT2D eigenvalue weighted by Crippen LogP contribution is 2.21. The molecule has 0 radical (unpaired) electrons. The van der Waals surface area contributed by atoms with Crippen LogP contribution in [0.3, 0.4) is 0 Å². The van der Waals surface area contributed by atoms with Gasteiger partial charge in [-0.25, -0.2) is 4.79 Å². The van der Waals surface area contributed by atoms with Crippen molar-refractivity contribution in [2.24, 2.45) is 0 Å². The number of halogens is 1. The SMILES string of the molecule is COC(=O)[C@@H](OC)[C@H](O)c1ccc(Br)cc1. The normalized spacial score (nSPS) is 14.2. The van der Waals surface area contributed by atoms with E-state index in [1.54, 1.807) is 24.3 Å². The lowest BCUT2D eigenvalue weighted by Gasteiger charge is -2.19. The second-order valence-electron chi connectivity index (χ2n) is 3.18. The Bertz CT molecular complexity index is 350. The molecule has 4 nitrogen and oxygen atoms in total. The largest absolute Gasteiger partial charge is 0.467 e. The number of hydrogen-bond donors (Lipinski definition) is 1. The topological polar surface area (TPSA) is 55.8 Å². The maximum atomic E-state index is 11.3. The van der Waals surface area contributed by atoms with Crippen molar-refractivity contribution in [3.8, 4) is 0 Å². The third kappa shape index (κ3) is 3.04. The monoisotopic (exact) mass is 288 g/mol. The Hall–Kier alpha value is -0.910. The van der Waals surface area contributed by atoms with Gasteiger partial charge in [-0.1, -0.05) is 28.1 Å². The molecule has 0 amide bonds. The smallest absolute Gasteiger partial charge is 0.338 e. The summed E-state index contributed by atoms with van der Waals surface area (Å²) in [7, 11) is 2.60. The van der Waals surface area contributed by atoms with Crippen LogP contribution >= 0.6 is 15.9 Å². The van der Waals surface area contributed by atoms with Crippen LogP contribution in [0.1, 0.15) is 11.7 Å². The Morgan fingerprint density at radius 3 is 2.31 bits per heavy atom. The van der Waals surface area contributed by atoms with Crippen molar-refractivity contribution in [1.82, 2.24) is 0 Å². The molecular formula is C11H13BrO4. The van der Waals surface area contributed by atoms with Crippen LogP contribution in [0.5, 0.6) is 0 Å². The maximum Gasteiger partial charge on any atom is 0.338 e. The number of aliphatic hydroxyl groups is 1. The standard InChI is InChI=1S/C11H13BrO4/c1-15-10(11(14)16-2)9(13)7-3-5-8(12)6-4-7/h3-6,9-10,13H,1-2H3/t9-,10+/m1/s1. The number of carbonyl (C=O) groups is 1. The van der Waals surface area contributed by atoms with Gasteiger partial charge in [-0.15, -0.1) is 0 Å². The lowest BCUT2D eigenvalue weighted by atomic mass is 10.0. The van der Waals surface area contributed by atoms with Crippen LogP contribution in [0.4, 0.5) is 0 Å².